The molecule has 0 saturated heterocycles. The summed E-state index contributed by atoms with van der Waals surface area (Å²) in [4.78, 5) is 48.6. The van der Waals surface area contributed by atoms with E-state index in [0.29, 0.717) is 0 Å². The molecule has 1 aromatic rings. The number of ketones is 1. The van der Waals surface area contributed by atoms with Crippen LogP contribution >= 0.6 is 0 Å². The number of carbonyl (C=O) groups is 4. The minimum absolute atomic E-state index is 0.0525. The van der Waals surface area contributed by atoms with Gasteiger partial charge in [0.05, 0.1) is 6.04 Å². The number of esters is 1. The summed E-state index contributed by atoms with van der Waals surface area (Å²) in [7, 11) is 0. The summed E-state index contributed by atoms with van der Waals surface area (Å²) in [6, 6.07) is 8.17. The van der Waals surface area contributed by atoms with Gasteiger partial charge in [0, 0.05) is 0 Å². The van der Waals surface area contributed by atoms with E-state index in [9.17, 15) is 19.2 Å². The van der Waals surface area contributed by atoms with Crippen molar-refractivity contribution in [3.05, 3.63) is 35.9 Å². The zero-order valence-electron chi connectivity index (χ0n) is 17.8. The monoisotopic (exact) mass is 406 g/mol. The number of hydrogen-bond acceptors (Lipinski definition) is 6. The molecule has 1 aromatic carbocycles. The molecular formula is C21H30N2O6. The van der Waals surface area contributed by atoms with Gasteiger partial charge in [0.25, 0.3) is 0 Å². The SMILES string of the molecule is CC(NC(=O)CNC(=O)OC(C)(C)C)C(=O)C(C)(C)C(=O)OCc1ccccc1. The van der Waals surface area contributed by atoms with Gasteiger partial charge in [-0.1, -0.05) is 30.3 Å². The molecule has 0 heterocycles. The van der Waals surface area contributed by atoms with Crippen LogP contribution in [0.4, 0.5) is 4.79 Å². The van der Waals surface area contributed by atoms with E-state index >= 15 is 0 Å². The van der Waals surface area contributed by atoms with Gasteiger partial charge in [-0.15, -0.1) is 0 Å². The summed E-state index contributed by atoms with van der Waals surface area (Å²) in [6.45, 7) is 9.17. The van der Waals surface area contributed by atoms with Crippen molar-refractivity contribution in [1.82, 2.24) is 10.6 Å². The van der Waals surface area contributed by atoms with E-state index in [4.69, 9.17) is 9.47 Å². The number of carbonyl (C=O) groups excluding carboxylic acids is 4. The fraction of sp³-hybridized carbons (Fsp3) is 0.524. The molecule has 2 amide bonds. The highest BCUT2D eigenvalue weighted by Crippen LogP contribution is 2.21. The van der Waals surface area contributed by atoms with Gasteiger partial charge in [0.1, 0.15) is 24.2 Å². The number of hydrogen-bond donors (Lipinski definition) is 2. The van der Waals surface area contributed by atoms with Crippen LogP contribution in [0.5, 0.6) is 0 Å². The fourth-order valence-corrected chi connectivity index (χ4v) is 2.37. The molecule has 160 valence electrons. The lowest BCUT2D eigenvalue weighted by Gasteiger charge is -2.25. The number of amides is 2. The van der Waals surface area contributed by atoms with Crippen LogP contribution in [-0.2, 0) is 30.5 Å². The van der Waals surface area contributed by atoms with Gasteiger partial charge in [-0.05, 0) is 47.1 Å². The predicted octanol–water partition coefficient (Wildman–Crippen LogP) is 2.35. The maximum absolute atomic E-state index is 12.7. The van der Waals surface area contributed by atoms with Crippen molar-refractivity contribution in [2.75, 3.05) is 6.54 Å². The highest BCUT2D eigenvalue weighted by atomic mass is 16.6. The number of alkyl carbamates (subject to hydrolysis) is 1. The third-order valence-corrected chi connectivity index (χ3v) is 3.90. The maximum atomic E-state index is 12.7. The molecule has 0 aliphatic heterocycles. The summed E-state index contributed by atoms with van der Waals surface area (Å²) in [5.41, 5.74) is -1.33. The van der Waals surface area contributed by atoms with E-state index in [0.717, 1.165) is 5.56 Å². The van der Waals surface area contributed by atoms with Gasteiger partial charge in [-0.2, -0.15) is 0 Å². The minimum Gasteiger partial charge on any atom is -0.460 e. The van der Waals surface area contributed by atoms with Gasteiger partial charge >= 0.3 is 12.1 Å². The molecular weight excluding hydrogens is 376 g/mol. The van der Waals surface area contributed by atoms with Crippen LogP contribution in [0.25, 0.3) is 0 Å². The van der Waals surface area contributed by atoms with Crippen LogP contribution in [-0.4, -0.2) is 41.9 Å². The number of nitrogens with one attached hydrogen (secondary N) is 2. The molecule has 0 saturated carbocycles. The average molecular weight is 406 g/mol. The first kappa shape index (κ1) is 24.1. The minimum atomic E-state index is -1.44. The Bertz CT molecular complexity index is 737. The molecule has 0 aliphatic carbocycles. The number of benzene rings is 1. The van der Waals surface area contributed by atoms with E-state index in [2.05, 4.69) is 10.6 Å². The predicted molar refractivity (Wildman–Crippen MR) is 107 cm³/mol. The average Bonchev–Trinajstić information content (AvgIpc) is 2.63. The Labute approximate surface area is 171 Å². The van der Waals surface area contributed by atoms with Crippen LogP contribution < -0.4 is 10.6 Å². The molecule has 0 radical (unpaired) electrons. The zero-order chi connectivity index (χ0) is 22.2. The lowest BCUT2D eigenvalue weighted by molar-refractivity contribution is -0.160. The standard InChI is InChI=1S/C21H30N2O6/c1-14(23-16(24)12-22-19(27)29-20(2,3)4)17(25)21(5,6)18(26)28-13-15-10-8-7-9-11-15/h7-11,14H,12-13H2,1-6H3,(H,22,27)(H,23,24). The molecule has 8 nitrogen and oxygen atoms in total. The van der Waals surface area contributed by atoms with Crippen LogP contribution in [0.15, 0.2) is 30.3 Å². The molecule has 1 atom stereocenters. The Balaban J connectivity index is 2.53. The number of ether oxygens (including phenoxy) is 2. The van der Waals surface area contributed by atoms with Gasteiger partial charge in [-0.25, -0.2) is 4.79 Å². The molecule has 2 N–H and O–H groups in total. The van der Waals surface area contributed by atoms with Crippen molar-refractivity contribution in [2.45, 2.75) is 59.8 Å². The summed E-state index contributed by atoms with van der Waals surface area (Å²) in [5, 5.41) is 4.77. The fourth-order valence-electron chi connectivity index (χ4n) is 2.37. The molecule has 0 aliphatic rings. The highest BCUT2D eigenvalue weighted by molar-refractivity contribution is 6.06. The van der Waals surface area contributed by atoms with E-state index in [-0.39, 0.29) is 13.2 Å². The summed E-state index contributed by atoms with van der Waals surface area (Å²) >= 11 is 0. The van der Waals surface area contributed by atoms with Crippen molar-refractivity contribution in [3.8, 4) is 0 Å². The lowest BCUT2D eigenvalue weighted by atomic mass is 9.84. The summed E-state index contributed by atoms with van der Waals surface area (Å²) in [6.07, 6.45) is -0.739. The maximum Gasteiger partial charge on any atom is 0.408 e. The van der Waals surface area contributed by atoms with Crippen molar-refractivity contribution in [1.29, 1.82) is 0 Å². The molecule has 29 heavy (non-hydrogen) atoms. The Morgan fingerprint density at radius 3 is 2.14 bits per heavy atom. The first-order valence-corrected chi connectivity index (χ1v) is 9.34. The second-order valence-corrected chi connectivity index (χ2v) is 8.20. The van der Waals surface area contributed by atoms with Crippen molar-refractivity contribution < 1.29 is 28.7 Å². The second-order valence-electron chi connectivity index (χ2n) is 8.20. The van der Waals surface area contributed by atoms with Gasteiger partial charge in [0.15, 0.2) is 5.78 Å². The normalized spacial score (nSPS) is 12.5. The van der Waals surface area contributed by atoms with Crippen molar-refractivity contribution in [2.24, 2.45) is 5.41 Å². The third-order valence-electron chi connectivity index (χ3n) is 3.90. The molecule has 0 bridgehead atoms. The number of Topliss-reactive ketones (excluding diaryl/α,β-unsaturated/α-hetero) is 1. The Kier molecular flexibility index (Phi) is 8.36. The molecule has 1 unspecified atom stereocenters. The van der Waals surface area contributed by atoms with Gasteiger partial charge in [0.2, 0.25) is 5.91 Å². The van der Waals surface area contributed by atoms with E-state index < -0.39 is 40.8 Å². The summed E-state index contributed by atoms with van der Waals surface area (Å²) in [5.74, 6) is -1.76. The van der Waals surface area contributed by atoms with Crippen LogP contribution in [0.3, 0.4) is 0 Å². The van der Waals surface area contributed by atoms with E-state index in [1.807, 2.05) is 30.3 Å². The highest BCUT2D eigenvalue weighted by Gasteiger charge is 2.40. The van der Waals surface area contributed by atoms with Crippen LogP contribution in [0.1, 0.15) is 47.1 Å². The largest absolute Gasteiger partial charge is 0.460 e. The molecule has 1 rings (SSSR count). The Hall–Kier alpha value is -2.90. The molecule has 0 spiro atoms. The topological polar surface area (TPSA) is 111 Å². The Morgan fingerprint density at radius 2 is 1.59 bits per heavy atom. The smallest absolute Gasteiger partial charge is 0.408 e. The zero-order valence-corrected chi connectivity index (χ0v) is 17.8. The van der Waals surface area contributed by atoms with Crippen LogP contribution in [0.2, 0.25) is 0 Å². The first-order chi connectivity index (χ1) is 13.3. The van der Waals surface area contributed by atoms with E-state index in [1.54, 1.807) is 20.8 Å². The third kappa shape index (κ3) is 8.33. The number of rotatable bonds is 8. The first-order valence-electron chi connectivity index (χ1n) is 9.34. The van der Waals surface area contributed by atoms with Crippen molar-refractivity contribution >= 4 is 23.8 Å². The second kappa shape index (κ2) is 10.0. The van der Waals surface area contributed by atoms with Gasteiger partial charge < -0.3 is 20.1 Å². The molecule has 0 aromatic heterocycles. The molecule has 0 fully saturated rings. The van der Waals surface area contributed by atoms with Crippen LogP contribution in [0, 0.1) is 5.41 Å². The van der Waals surface area contributed by atoms with E-state index in [1.165, 1.54) is 20.8 Å². The quantitative estimate of drug-likeness (QED) is 0.506. The lowest BCUT2D eigenvalue weighted by Crippen LogP contribution is -2.50. The summed E-state index contributed by atoms with van der Waals surface area (Å²) < 4.78 is 10.3. The Morgan fingerprint density at radius 1 is 1.00 bits per heavy atom. The van der Waals surface area contributed by atoms with Gasteiger partial charge in [-0.3, -0.25) is 14.4 Å². The van der Waals surface area contributed by atoms with Crippen molar-refractivity contribution in [3.63, 3.8) is 0 Å². The molecule has 8 heteroatoms.